The molecule has 5 nitrogen and oxygen atoms in total. The molecule has 0 aliphatic heterocycles. The molecule has 0 aliphatic carbocycles. The van der Waals surface area contributed by atoms with Crippen molar-refractivity contribution in [1.82, 2.24) is 15.1 Å². The zero-order valence-corrected chi connectivity index (χ0v) is 10.4. The van der Waals surface area contributed by atoms with E-state index >= 15 is 0 Å². The molecular weight excluding hydrogens is 239 g/mol. The van der Waals surface area contributed by atoms with Gasteiger partial charge in [0.05, 0.1) is 0 Å². The van der Waals surface area contributed by atoms with E-state index in [0.717, 1.165) is 16.9 Å². The fourth-order valence-corrected chi connectivity index (χ4v) is 1.80. The summed E-state index contributed by atoms with van der Waals surface area (Å²) in [5.41, 5.74) is 8.84. The van der Waals surface area contributed by atoms with Crippen LogP contribution in [0.4, 0.5) is 5.82 Å². The molecule has 0 bridgehead atoms. The van der Waals surface area contributed by atoms with E-state index in [0.29, 0.717) is 17.3 Å². The predicted octanol–water partition coefficient (Wildman–Crippen LogP) is 0.639. The fraction of sp³-hybridized carbons (Fsp3) is 0. The first-order chi connectivity index (χ1) is 9.24. The van der Waals surface area contributed by atoms with Crippen LogP contribution in [0.3, 0.4) is 0 Å². The molecule has 0 saturated carbocycles. The lowest BCUT2D eigenvalue weighted by molar-refractivity contribution is 0.434. The first kappa shape index (κ1) is 11.5. The van der Waals surface area contributed by atoms with Gasteiger partial charge >= 0.3 is 0 Å². The van der Waals surface area contributed by atoms with Crippen molar-refractivity contribution in [3.63, 3.8) is 0 Å². The van der Waals surface area contributed by atoms with Crippen LogP contribution in [-0.4, -0.2) is 23.0 Å². The molecule has 92 valence electrons. The van der Waals surface area contributed by atoms with Crippen LogP contribution in [0.5, 0.6) is 0 Å². The second kappa shape index (κ2) is 4.57. The summed E-state index contributed by atoms with van der Waals surface area (Å²) in [5, 5.41) is 4.04. The molecule has 0 unspecified atom stereocenters. The van der Waals surface area contributed by atoms with Gasteiger partial charge in [-0.1, -0.05) is 35.5 Å². The summed E-state index contributed by atoms with van der Waals surface area (Å²) in [6.07, 6.45) is 1.62. The van der Waals surface area contributed by atoms with Crippen LogP contribution in [0.15, 0.2) is 47.1 Å². The third-order valence-electron chi connectivity index (χ3n) is 2.73. The van der Waals surface area contributed by atoms with Crippen molar-refractivity contribution < 1.29 is 4.52 Å². The summed E-state index contributed by atoms with van der Waals surface area (Å²) in [7, 11) is 1.85. The average Bonchev–Trinajstić information content (AvgIpc) is 2.92. The third kappa shape index (κ3) is 2.20. The highest BCUT2D eigenvalue weighted by molar-refractivity contribution is 6.30. The molecule has 0 atom stereocenters. The van der Waals surface area contributed by atoms with Crippen molar-refractivity contribution in [2.24, 2.45) is 0 Å². The Morgan fingerprint density at radius 1 is 1.16 bits per heavy atom. The van der Waals surface area contributed by atoms with Crippen molar-refractivity contribution in [2.75, 3.05) is 5.73 Å². The van der Waals surface area contributed by atoms with Crippen molar-refractivity contribution in [3.8, 4) is 22.7 Å². The Morgan fingerprint density at radius 3 is 2.74 bits per heavy atom. The molecule has 1 aromatic carbocycles. The zero-order chi connectivity index (χ0) is 13.2. The smallest absolute Gasteiger partial charge is 0.189 e. The normalized spacial score (nSPS) is 10.5. The van der Waals surface area contributed by atoms with Gasteiger partial charge in [0.25, 0.3) is 0 Å². The SMILES string of the molecule is Bc1cnc(N)c(-c2cc(-c3ccccc3)no2)n1. The van der Waals surface area contributed by atoms with Gasteiger partial charge < -0.3 is 10.3 Å². The van der Waals surface area contributed by atoms with Crippen LogP contribution in [0.25, 0.3) is 22.7 Å². The van der Waals surface area contributed by atoms with Crippen LogP contribution in [0, 0.1) is 0 Å². The monoisotopic (exact) mass is 250 g/mol. The minimum atomic E-state index is 0.335. The van der Waals surface area contributed by atoms with Crippen molar-refractivity contribution >= 4 is 19.3 Å². The van der Waals surface area contributed by atoms with E-state index in [1.807, 2.05) is 44.2 Å². The third-order valence-corrected chi connectivity index (χ3v) is 2.73. The molecule has 2 N–H and O–H groups in total. The topological polar surface area (TPSA) is 77.8 Å². The molecule has 0 radical (unpaired) electrons. The van der Waals surface area contributed by atoms with Crippen molar-refractivity contribution in [3.05, 3.63) is 42.6 Å². The minimum absolute atomic E-state index is 0.335. The van der Waals surface area contributed by atoms with Gasteiger partial charge in [0.1, 0.15) is 11.4 Å². The van der Waals surface area contributed by atoms with Gasteiger partial charge in [-0.2, -0.15) is 0 Å². The Kier molecular flexibility index (Phi) is 2.76. The van der Waals surface area contributed by atoms with Gasteiger partial charge in [-0.05, 0) is 0 Å². The van der Waals surface area contributed by atoms with E-state index in [1.54, 1.807) is 6.20 Å². The van der Waals surface area contributed by atoms with Crippen LogP contribution < -0.4 is 11.3 Å². The van der Waals surface area contributed by atoms with Crippen molar-refractivity contribution in [2.45, 2.75) is 0 Å². The Labute approximate surface area is 110 Å². The number of nitrogens with two attached hydrogens (primary N) is 1. The molecule has 2 heterocycles. The molecule has 19 heavy (non-hydrogen) atoms. The van der Waals surface area contributed by atoms with Crippen LogP contribution in [-0.2, 0) is 0 Å². The van der Waals surface area contributed by atoms with Gasteiger partial charge in [0, 0.05) is 23.4 Å². The van der Waals surface area contributed by atoms with Gasteiger partial charge in [-0.15, -0.1) is 0 Å². The summed E-state index contributed by atoms with van der Waals surface area (Å²) >= 11 is 0. The standard InChI is InChI=1S/C13H11BN4O/c14-11-7-16-13(15)12(17-11)10-6-9(18-19-10)8-4-2-1-3-5-8/h1-7H,14H2,(H2,15,16). The van der Waals surface area contributed by atoms with Gasteiger partial charge in [0.2, 0.25) is 0 Å². The maximum absolute atomic E-state index is 5.81. The Hall–Kier alpha value is -2.63. The van der Waals surface area contributed by atoms with Gasteiger partial charge in [-0.3, -0.25) is 4.98 Å². The largest absolute Gasteiger partial charge is 0.382 e. The van der Waals surface area contributed by atoms with E-state index in [-0.39, 0.29) is 0 Å². The molecule has 0 fully saturated rings. The maximum atomic E-state index is 5.81. The molecule has 3 rings (SSSR count). The van der Waals surface area contributed by atoms with E-state index < -0.39 is 0 Å². The average molecular weight is 250 g/mol. The van der Waals surface area contributed by atoms with Gasteiger partial charge in [0.15, 0.2) is 19.4 Å². The number of hydrogen-bond donors (Lipinski definition) is 1. The summed E-state index contributed by atoms with van der Waals surface area (Å²) in [6.45, 7) is 0. The summed E-state index contributed by atoms with van der Waals surface area (Å²) < 4.78 is 5.31. The first-order valence-electron chi connectivity index (χ1n) is 5.85. The summed E-state index contributed by atoms with van der Waals surface area (Å²) in [5.74, 6) is 0.855. The molecule has 2 aromatic heterocycles. The molecule has 0 saturated heterocycles. The number of aromatic nitrogens is 3. The Morgan fingerprint density at radius 2 is 1.95 bits per heavy atom. The van der Waals surface area contributed by atoms with Crippen LogP contribution in [0.1, 0.15) is 0 Å². The zero-order valence-electron chi connectivity index (χ0n) is 10.4. The Bertz CT molecular complexity index is 712. The lowest BCUT2D eigenvalue weighted by Crippen LogP contribution is -2.12. The number of benzene rings is 1. The summed E-state index contributed by atoms with van der Waals surface area (Å²) in [6, 6.07) is 11.6. The highest BCUT2D eigenvalue weighted by Crippen LogP contribution is 2.26. The number of hydrogen-bond acceptors (Lipinski definition) is 5. The highest BCUT2D eigenvalue weighted by Gasteiger charge is 2.13. The van der Waals surface area contributed by atoms with E-state index in [2.05, 4.69) is 15.1 Å². The quantitative estimate of drug-likeness (QED) is 0.675. The van der Waals surface area contributed by atoms with E-state index in [4.69, 9.17) is 10.3 Å². The van der Waals surface area contributed by atoms with E-state index in [9.17, 15) is 0 Å². The number of rotatable bonds is 2. The fourth-order valence-electron chi connectivity index (χ4n) is 1.80. The molecule has 0 spiro atoms. The second-order valence-electron chi connectivity index (χ2n) is 4.19. The lowest BCUT2D eigenvalue weighted by Gasteiger charge is -2.00. The predicted molar refractivity (Wildman–Crippen MR) is 75.6 cm³/mol. The number of anilines is 1. The first-order valence-corrected chi connectivity index (χ1v) is 5.85. The molecular formula is C13H11BN4O. The number of nitrogen functional groups attached to an aromatic ring is 1. The molecule has 6 heteroatoms. The molecule has 0 amide bonds. The van der Waals surface area contributed by atoms with Gasteiger partial charge in [-0.25, -0.2) is 4.98 Å². The maximum Gasteiger partial charge on any atom is 0.189 e. The highest BCUT2D eigenvalue weighted by atomic mass is 16.5. The molecule has 0 aliphatic rings. The second-order valence-corrected chi connectivity index (χ2v) is 4.19. The van der Waals surface area contributed by atoms with Crippen LogP contribution >= 0.6 is 0 Å². The lowest BCUT2D eigenvalue weighted by atomic mass is 10.1. The Balaban J connectivity index is 2.04. The minimum Gasteiger partial charge on any atom is -0.382 e. The molecule has 3 aromatic rings. The summed E-state index contributed by atoms with van der Waals surface area (Å²) in [4.78, 5) is 8.39. The van der Waals surface area contributed by atoms with Crippen molar-refractivity contribution in [1.29, 1.82) is 0 Å². The number of nitrogens with zero attached hydrogens (tertiary/aromatic N) is 3. The van der Waals surface area contributed by atoms with E-state index in [1.165, 1.54) is 0 Å². The van der Waals surface area contributed by atoms with Crippen LogP contribution in [0.2, 0.25) is 0 Å².